The molecule has 7 heteroatoms. The van der Waals surface area contributed by atoms with E-state index in [1.165, 1.54) is 30.4 Å². The number of benzene rings is 1. The Hall–Kier alpha value is -2.67. The lowest BCUT2D eigenvalue weighted by Gasteiger charge is -2.06. The molecule has 0 aliphatic heterocycles. The van der Waals surface area contributed by atoms with Crippen molar-refractivity contribution in [1.29, 1.82) is 0 Å². The standard InChI is InChI=1S/C14H10N4O2S/c15-10-6-16-12(5-9(10)14(19)20)21-13-8-3-1-2-4-11(8)17-7-18-13/h1-7H,15H2,(H,19,20). The normalized spacial score (nSPS) is 10.7. The molecule has 0 atom stereocenters. The van der Waals surface area contributed by atoms with Crippen LogP contribution in [0.2, 0.25) is 0 Å². The van der Waals surface area contributed by atoms with Crippen LogP contribution in [-0.2, 0) is 0 Å². The van der Waals surface area contributed by atoms with Crippen molar-refractivity contribution < 1.29 is 9.90 Å². The van der Waals surface area contributed by atoms with Gasteiger partial charge in [0.1, 0.15) is 16.4 Å². The molecule has 2 heterocycles. The van der Waals surface area contributed by atoms with Gasteiger partial charge in [-0.3, -0.25) is 0 Å². The summed E-state index contributed by atoms with van der Waals surface area (Å²) in [5.74, 6) is -1.08. The lowest BCUT2D eigenvalue weighted by atomic mass is 10.2. The zero-order valence-corrected chi connectivity index (χ0v) is 11.5. The lowest BCUT2D eigenvalue weighted by molar-refractivity contribution is 0.0697. The monoisotopic (exact) mass is 298 g/mol. The Morgan fingerprint density at radius 2 is 2.00 bits per heavy atom. The number of nitrogens with two attached hydrogens (primary N) is 1. The molecule has 3 N–H and O–H groups in total. The second kappa shape index (κ2) is 5.37. The van der Waals surface area contributed by atoms with Gasteiger partial charge in [-0.25, -0.2) is 19.7 Å². The number of anilines is 1. The van der Waals surface area contributed by atoms with Gasteiger partial charge < -0.3 is 10.8 Å². The largest absolute Gasteiger partial charge is 0.478 e. The molecule has 6 nitrogen and oxygen atoms in total. The van der Waals surface area contributed by atoms with Gasteiger partial charge >= 0.3 is 5.97 Å². The van der Waals surface area contributed by atoms with Crippen molar-refractivity contribution >= 4 is 34.3 Å². The number of pyridine rings is 1. The van der Waals surface area contributed by atoms with E-state index in [-0.39, 0.29) is 11.3 Å². The second-order valence-corrected chi connectivity index (χ2v) is 5.22. The molecule has 104 valence electrons. The Labute approximate surface area is 124 Å². The fourth-order valence-corrected chi connectivity index (χ4v) is 2.71. The first-order valence-corrected chi connectivity index (χ1v) is 6.83. The van der Waals surface area contributed by atoms with E-state index in [0.717, 1.165) is 10.9 Å². The third kappa shape index (κ3) is 2.63. The summed E-state index contributed by atoms with van der Waals surface area (Å²) in [5, 5.41) is 11.2. The molecule has 0 bridgehead atoms. The van der Waals surface area contributed by atoms with Gasteiger partial charge in [-0.05, 0) is 23.9 Å². The first kappa shape index (κ1) is 13.3. The number of hydrogen-bond acceptors (Lipinski definition) is 6. The molecule has 3 rings (SSSR count). The van der Waals surface area contributed by atoms with Crippen LogP contribution in [0.1, 0.15) is 10.4 Å². The minimum atomic E-state index is -1.08. The van der Waals surface area contributed by atoms with E-state index in [4.69, 9.17) is 10.8 Å². The van der Waals surface area contributed by atoms with Crippen LogP contribution in [0.25, 0.3) is 10.9 Å². The van der Waals surface area contributed by atoms with Crippen LogP contribution in [0.4, 0.5) is 5.69 Å². The van der Waals surface area contributed by atoms with Gasteiger partial charge in [0.15, 0.2) is 0 Å². The summed E-state index contributed by atoms with van der Waals surface area (Å²) in [6.45, 7) is 0. The van der Waals surface area contributed by atoms with Crippen LogP contribution >= 0.6 is 11.8 Å². The van der Waals surface area contributed by atoms with Gasteiger partial charge in [0.05, 0.1) is 23.0 Å². The zero-order valence-electron chi connectivity index (χ0n) is 10.7. The Morgan fingerprint density at radius 1 is 1.19 bits per heavy atom. The summed E-state index contributed by atoms with van der Waals surface area (Å²) in [6, 6.07) is 9.04. The van der Waals surface area contributed by atoms with Crippen molar-refractivity contribution in [3.63, 3.8) is 0 Å². The van der Waals surface area contributed by atoms with Crippen LogP contribution in [0.5, 0.6) is 0 Å². The summed E-state index contributed by atoms with van der Waals surface area (Å²) in [4.78, 5) is 23.7. The summed E-state index contributed by atoms with van der Waals surface area (Å²) < 4.78 is 0. The second-order valence-electron chi connectivity index (χ2n) is 4.21. The van der Waals surface area contributed by atoms with E-state index < -0.39 is 5.97 Å². The molecule has 0 spiro atoms. The number of nitrogen functional groups attached to an aromatic ring is 1. The van der Waals surface area contributed by atoms with E-state index in [9.17, 15) is 4.79 Å². The molecule has 21 heavy (non-hydrogen) atoms. The highest BCUT2D eigenvalue weighted by Gasteiger charge is 2.12. The average molecular weight is 298 g/mol. The Bertz CT molecular complexity index is 833. The number of aromatic nitrogens is 3. The lowest BCUT2D eigenvalue weighted by Crippen LogP contribution is -2.03. The van der Waals surface area contributed by atoms with Gasteiger partial charge in [-0.15, -0.1) is 0 Å². The minimum absolute atomic E-state index is 0.0332. The Kier molecular flexibility index (Phi) is 3.41. The van der Waals surface area contributed by atoms with Gasteiger partial charge in [0.25, 0.3) is 0 Å². The fraction of sp³-hybridized carbons (Fsp3) is 0. The highest BCUT2D eigenvalue weighted by molar-refractivity contribution is 7.99. The van der Waals surface area contributed by atoms with Crippen molar-refractivity contribution in [2.24, 2.45) is 0 Å². The predicted octanol–water partition coefficient (Wildman–Crippen LogP) is 2.46. The topological polar surface area (TPSA) is 102 Å². The average Bonchev–Trinajstić information content (AvgIpc) is 2.49. The van der Waals surface area contributed by atoms with Crippen LogP contribution < -0.4 is 5.73 Å². The number of carboxylic acids is 1. The number of aromatic carboxylic acids is 1. The number of rotatable bonds is 3. The van der Waals surface area contributed by atoms with Crippen molar-refractivity contribution in [2.45, 2.75) is 10.1 Å². The third-order valence-electron chi connectivity index (χ3n) is 2.85. The smallest absolute Gasteiger partial charge is 0.337 e. The van der Waals surface area contributed by atoms with Crippen molar-refractivity contribution in [3.05, 3.63) is 48.4 Å². The zero-order chi connectivity index (χ0) is 14.8. The molecule has 0 aliphatic carbocycles. The number of hydrogen-bond donors (Lipinski definition) is 2. The molecule has 1 aromatic carbocycles. The molecule has 0 saturated carbocycles. The predicted molar refractivity (Wildman–Crippen MR) is 79.3 cm³/mol. The van der Waals surface area contributed by atoms with Gasteiger partial charge in [-0.2, -0.15) is 0 Å². The molecule has 0 saturated heterocycles. The highest BCUT2D eigenvalue weighted by Crippen LogP contribution is 2.30. The third-order valence-corrected chi connectivity index (χ3v) is 3.80. The summed E-state index contributed by atoms with van der Waals surface area (Å²) in [5.41, 5.74) is 6.59. The molecule has 0 amide bonds. The van der Waals surface area contributed by atoms with Gasteiger partial charge in [-0.1, -0.05) is 18.2 Å². The van der Waals surface area contributed by atoms with Crippen LogP contribution in [0, 0.1) is 0 Å². The first-order valence-electron chi connectivity index (χ1n) is 6.01. The fourth-order valence-electron chi connectivity index (χ4n) is 1.85. The summed E-state index contributed by atoms with van der Waals surface area (Å²) in [7, 11) is 0. The molecule has 0 unspecified atom stereocenters. The summed E-state index contributed by atoms with van der Waals surface area (Å²) in [6.07, 6.45) is 2.81. The number of carboxylic acid groups (broad SMARTS) is 1. The van der Waals surface area contributed by atoms with E-state index >= 15 is 0 Å². The minimum Gasteiger partial charge on any atom is -0.478 e. The molecule has 0 fully saturated rings. The maximum Gasteiger partial charge on any atom is 0.337 e. The van der Waals surface area contributed by atoms with Crippen LogP contribution in [0.3, 0.4) is 0 Å². The number of carbonyl (C=O) groups is 1. The van der Waals surface area contributed by atoms with E-state index in [2.05, 4.69) is 15.0 Å². The Balaban J connectivity index is 2.03. The van der Waals surface area contributed by atoms with Gasteiger partial charge in [0.2, 0.25) is 0 Å². The maximum atomic E-state index is 11.1. The van der Waals surface area contributed by atoms with Crippen molar-refractivity contribution in [3.8, 4) is 0 Å². The first-order chi connectivity index (χ1) is 10.1. The molecule has 3 aromatic rings. The Morgan fingerprint density at radius 3 is 2.81 bits per heavy atom. The van der Waals surface area contributed by atoms with E-state index in [1.807, 2.05) is 24.3 Å². The number of fused-ring (bicyclic) bond motifs is 1. The quantitative estimate of drug-likeness (QED) is 0.716. The maximum absolute atomic E-state index is 11.1. The molecule has 0 radical (unpaired) electrons. The van der Waals surface area contributed by atoms with Crippen LogP contribution in [0.15, 0.2) is 52.9 Å². The molecule has 2 aromatic heterocycles. The van der Waals surface area contributed by atoms with Crippen LogP contribution in [-0.4, -0.2) is 26.0 Å². The summed E-state index contributed by atoms with van der Waals surface area (Å²) >= 11 is 1.28. The highest BCUT2D eigenvalue weighted by atomic mass is 32.2. The SMILES string of the molecule is Nc1cnc(Sc2ncnc3ccccc23)cc1C(=O)O. The molecule has 0 aliphatic rings. The van der Waals surface area contributed by atoms with Crippen molar-refractivity contribution in [1.82, 2.24) is 15.0 Å². The van der Waals surface area contributed by atoms with E-state index in [0.29, 0.717) is 10.1 Å². The molecular weight excluding hydrogens is 288 g/mol. The van der Waals surface area contributed by atoms with E-state index in [1.54, 1.807) is 0 Å². The number of para-hydroxylation sites is 1. The number of nitrogens with zero attached hydrogens (tertiary/aromatic N) is 3. The molecular formula is C14H10N4O2S. The van der Waals surface area contributed by atoms with Gasteiger partial charge in [0, 0.05) is 5.39 Å². The van der Waals surface area contributed by atoms with Crippen molar-refractivity contribution in [2.75, 3.05) is 5.73 Å².